The molecule has 0 radical (unpaired) electrons. The highest BCUT2D eigenvalue weighted by atomic mass is 19.1. The summed E-state index contributed by atoms with van der Waals surface area (Å²) in [6.07, 6.45) is 3.37. The van der Waals surface area contributed by atoms with Gasteiger partial charge in [0.2, 0.25) is 0 Å². The van der Waals surface area contributed by atoms with Crippen LogP contribution in [0.4, 0.5) is 14.5 Å². The van der Waals surface area contributed by atoms with Gasteiger partial charge in [0.25, 0.3) is 5.91 Å². The Balaban J connectivity index is 1.44. The molecular formula is C24H22F2N6O2. The fourth-order valence-electron chi connectivity index (χ4n) is 3.47. The largest absolute Gasteiger partial charge is 0.394 e. The van der Waals surface area contributed by atoms with E-state index in [0.29, 0.717) is 35.5 Å². The lowest BCUT2D eigenvalue weighted by Crippen LogP contribution is -2.31. The number of rotatable bonds is 8. The molecule has 174 valence electrons. The van der Waals surface area contributed by atoms with Crippen LogP contribution in [0, 0.1) is 11.6 Å². The van der Waals surface area contributed by atoms with Crippen LogP contribution in [-0.4, -0.2) is 37.4 Å². The minimum absolute atomic E-state index is 0.00110. The molecule has 1 amide bonds. The molecule has 4 rings (SSSR count). The number of carbonyl (C=O) groups excluding carboxylic acids is 1. The van der Waals surface area contributed by atoms with E-state index in [2.05, 4.69) is 25.8 Å². The van der Waals surface area contributed by atoms with Crippen LogP contribution >= 0.6 is 0 Å². The van der Waals surface area contributed by atoms with Crippen molar-refractivity contribution in [3.63, 3.8) is 0 Å². The molecule has 0 spiro atoms. The maximum atomic E-state index is 14.1. The third-order valence-electron chi connectivity index (χ3n) is 5.30. The predicted octanol–water partition coefficient (Wildman–Crippen LogP) is 3.23. The van der Waals surface area contributed by atoms with Gasteiger partial charge in [-0.1, -0.05) is 12.1 Å². The zero-order valence-corrected chi connectivity index (χ0v) is 18.2. The van der Waals surface area contributed by atoms with Gasteiger partial charge in [-0.25, -0.2) is 8.78 Å². The number of nitrogens with zero attached hydrogens (tertiary/aromatic N) is 4. The lowest BCUT2D eigenvalue weighted by molar-refractivity contribution is 0.0915. The summed E-state index contributed by atoms with van der Waals surface area (Å²) in [7, 11) is 1.86. The average Bonchev–Trinajstić information content (AvgIpc) is 3.22. The lowest BCUT2D eigenvalue weighted by Gasteiger charge is -2.18. The van der Waals surface area contributed by atoms with Gasteiger partial charge < -0.3 is 20.3 Å². The van der Waals surface area contributed by atoms with Crippen molar-refractivity contribution < 1.29 is 18.7 Å². The molecule has 0 bridgehead atoms. The van der Waals surface area contributed by atoms with Crippen molar-refractivity contribution in [2.45, 2.75) is 12.6 Å². The highest BCUT2D eigenvalue weighted by molar-refractivity contribution is 5.95. The molecule has 0 aliphatic rings. The van der Waals surface area contributed by atoms with Crippen LogP contribution in [0.25, 0.3) is 11.4 Å². The van der Waals surface area contributed by atoms with E-state index in [1.165, 1.54) is 6.07 Å². The molecule has 2 aromatic heterocycles. The first-order chi connectivity index (χ1) is 16.5. The van der Waals surface area contributed by atoms with E-state index >= 15 is 0 Å². The molecule has 34 heavy (non-hydrogen) atoms. The number of halogens is 2. The summed E-state index contributed by atoms with van der Waals surface area (Å²) in [5.74, 6) is -0.697. The van der Waals surface area contributed by atoms with E-state index in [-0.39, 0.29) is 5.56 Å². The molecule has 0 fully saturated rings. The van der Waals surface area contributed by atoms with Gasteiger partial charge in [-0.2, -0.15) is 0 Å². The van der Waals surface area contributed by atoms with Crippen molar-refractivity contribution in [1.29, 1.82) is 0 Å². The first kappa shape index (κ1) is 23.0. The highest BCUT2D eigenvalue weighted by Crippen LogP contribution is 2.20. The maximum Gasteiger partial charge on any atom is 0.251 e. The second-order valence-corrected chi connectivity index (χ2v) is 7.54. The topological polar surface area (TPSA) is 105 Å². The van der Waals surface area contributed by atoms with Crippen LogP contribution in [-0.2, 0) is 13.6 Å². The number of pyridine rings is 1. The number of aliphatic hydroxyl groups excluding tert-OH is 1. The molecule has 0 aliphatic carbocycles. The molecule has 0 saturated heterocycles. The van der Waals surface area contributed by atoms with Gasteiger partial charge in [0.05, 0.1) is 19.2 Å². The van der Waals surface area contributed by atoms with E-state index in [9.17, 15) is 18.7 Å². The zero-order chi connectivity index (χ0) is 24.1. The Labute approximate surface area is 194 Å². The lowest BCUT2D eigenvalue weighted by atomic mass is 10.1. The zero-order valence-electron chi connectivity index (χ0n) is 18.2. The molecule has 10 heteroatoms. The fraction of sp³-hybridized carbons (Fsp3) is 0.167. The van der Waals surface area contributed by atoms with Crippen molar-refractivity contribution in [2.75, 3.05) is 11.9 Å². The van der Waals surface area contributed by atoms with Crippen LogP contribution in [0.15, 0.2) is 67.0 Å². The van der Waals surface area contributed by atoms with Gasteiger partial charge in [-0.15, -0.1) is 10.2 Å². The summed E-state index contributed by atoms with van der Waals surface area (Å²) in [6.45, 7) is -0.183. The van der Waals surface area contributed by atoms with E-state index in [1.807, 2.05) is 23.7 Å². The monoisotopic (exact) mass is 464 g/mol. The summed E-state index contributed by atoms with van der Waals surface area (Å²) in [6, 6.07) is 12.4. The molecule has 1 atom stereocenters. The van der Waals surface area contributed by atoms with Crippen LogP contribution in [0.5, 0.6) is 0 Å². The minimum Gasteiger partial charge on any atom is -0.394 e. The molecule has 0 saturated carbocycles. The number of hydrogen-bond donors (Lipinski definition) is 3. The third kappa shape index (κ3) is 5.07. The third-order valence-corrected chi connectivity index (χ3v) is 5.30. The van der Waals surface area contributed by atoms with Gasteiger partial charge >= 0.3 is 0 Å². The van der Waals surface area contributed by atoms with Crippen molar-refractivity contribution >= 4 is 11.6 Å². The van der Waals surface area contributed by atoms with Crippen LogP contribution in [0.3, 0.4) is 0 Å². The van der Waals surface area contributed by atoms with Gasteiger partial charge in [-0.3, -0.25) is 9.78 Å². The van der Waals surface area contributed by atoms with Crippen LogP contribution < -0.4 is 10.6 Å². The Morgan fingerprint density at radius 1 is 1.09 bits per heavy atom. The summed E-state index contributed by atoms with van der Waals surface area (Å²) in [5, 5.41) is 23.9. The summed E-state index contributed by atoms with van der Waals surface area (Å²) in [5.41, 5.74) is 1.86. The van der Waals surface area contributed by atoms with Gasteiger partial charge in [0, 0.05) is 47.9 Å². The van der Waals surface area contributed by atoms with E-state index in [0.717, 1.165) is 11.6 Å². The molecule has 1 unspecified atom stereocenters. The molecular weight excluding hydrogens is 442 g/mol. The molecule has 2 aromatic carbocycles. The Kier molecular flexibility index (Phi) is 6.88. The predicted molar refractivity (Wildman–Crippen MR) is 122 cm³/mol. The molecule has 0 aliphatic heterocycles. The molecule has 2 heterocycles. The Morgan fingerprint density at radius 3 is 2.62 bits per heavy atom. The summed E-state index contributed by atoms with van der Waals surface area (Å²) in [4.78, 5) is 16.7. The van der Waals surface area contributed by atoms with Crippen molar-refractivity contribution in [2.24, 2.45) is 7.05 Å². The first-order valence-corrected chi connectivity index (χ1v) is 10.5. The number of nitrogens with one attached hydrogen (secondary N) is 2. The second kappa shape index (κ2) is 10.2. The summed E-state index contributed by atoms with van der Waals surface area (Å²) >= 11 is 0. The number of amides is 1. The summed E-state index contributed by atoms with van der Waals surface area (Å²) < 4.78 is 29.1. The van der Waals surface area contributed by atoms with Crippen molar-refractivity contribution in [1.82, 2.24) is 25.1 Å². The Hall–Kier alpha value is -4.18. The average molecular weight is 464 g/mol. The molecule has 4 aromatic rings. The Bertz CT molecular complexity index is 1300. The van der Waals surface area contributed by atoms with Crippen molar-refractivity contribution in [3.05, 3.63) is 95.6 Å². The first-order valence-electron chi connectivity index (χ1n) is 10.5. The molecule has 8 nitrogen and oxygen atoms in total. The quantitative estimate of drug-likeness (QED) is 0.370. The standard InChI is InChI=1S/C24H22F2N6O2/c1-32-22(30-31-23(32)15-7-9-27-10-8-15)13-28-18-4-2-3-16(11-18)24(34)29-21(14-33)19-6-5-17(25)12-20(19)26/h2-12,21,28,33H,13-14H2,1H3,(H,29,34). The highest BCUT2D eigenvalue weighted by Gasteiger charge is 2.19. The fourth-order valence-corrected chi connectivity index (χ4v) is 3.47. The Morgan fingerprint density at radius 2 is 1.88 bits per heavy atom. The van der Waals surface area contributed by atoms with Gasteiger partial charge in [0.1, 0.15) is 11.6 Å². The van der Waals surface area contributed by atoms with E-state index < -0.39 is 30.2 Å². The van der Waals surface area contributed by atoms with Gasteiger partial charge in [0.15, 0.2) is 11.6 Å². The van der Waals surface area contributed by atoms with E-state index in [4.69, 9.17) is 0 Å². The second-order valence-electron chi connectivity index (χ2n) is 7.54. The molecule has 3 N–H and O–H groups in total. The maximum absolute atomic E-state index is 14.1. The van der Waals surface area contributed by atoms with Gasteiger partial charge in [-0.05, 0) is 36.4 Å². The number of aliphatic hydroxyl groups is 1. The van der Waals surface area contributed by atoms with Crippen molar-refractivity contribution in [3.8, 4) is 11.4 Å². The number of anilines is 1. The number of aromatic nitrogens is 4. The SMILES string of the molecule is Cn1c(CNc2cccc(C(=O)NC(CO)c3ccc(F)cc3F)c2)nnc1-c1ccncc1. The number of carbonyl (C=O) groups is 1. The number of hydrogen-bond acceptors (Lipinski definition) is 6. The van der Waals surface area contributed by atoms with E-state index in [1.54, 1.807) is 36.7 Å². The van der Waals surface area contributed by atoms with Crippen LogP contribution in [0.1, 0.15) is 27.8 Å². The minimum atomic E-state index is -1.02. The smallest absolute Gasteiger partial charge is 0.251 e. The number of benzene rings is 2. The normalized spacial score (nSPS) is 11.8. The van der Waals surface area contributed by atoms with Crippen LogP contribution in [0.2, 0.25) is 0 Å².